The molecule has 0 aromatic carbocycles. The second-order valence-corrected chi connectivity index (χ2v) is 5.45. The first kappa shape index (κ1) is 11.0. The normalized spacial score (nSPS) is 27.4. The maximum absolute atomic E-state index is 6.00. The number of nitrogens with two attached hydrogens (primary N) is 1. The molecule has 2 atom stereocenters. The van der Waals surface area contributed by atoms with Crippen LogP contribution >= 0.6 is 11.3 Å². The van der Waals surface area contributed by atoms with Crippen molar-refractivity contribution in [2.75, 3.05) is 19.6 Å². The zero-order chi connectivity index (χ0) is 10.8. The summed E-state index contributed by atoms with van der Waals surface area (Å²) in [7, 11) is 0. The summed E-state index contributed by atoms with van der Waals surface area (Å²) in [6.45, 7) is 7.66. The first-order valence-corrected chi connectivity index (χ1v) is 6.41. The summed E-state index contributed by atoms with van der Waals surface area (Å²) >= 11 is 1.77. The topological polar surface area (TPSA) is 42.2 Å². The molecule has 1 aliphatic heterocycles. The molecule has 0 aliphatic carbocycles. The van der Waals surface area contributed by atoms with Crippen LogP contribution in [0.5, 0.6) is 0 Å². The lowest BCUT2D eigenvalue weighted by Crippen LogP contribution is -2.29. The minimum atomic E-state index is 0.368. The molecule has 84 valence electrons. The quantitative estimate of drug-likeness (QED) is 0.842. The molecule has 2 heterocycles. The molecule has 1 fully saturated rings. The Morgan fingerprint density at radius 1 is 1.60 bits per heavy atom. The Labute approximate surface area is 95.3 Å². The molecule has 2 rings (SSSR count). The van der Waals surface area contributed by atoms with Gasteiger partial charge < -0.3 is 10.6 Å². The number of likely N-dealkylation sites (tertiary alicyclic amines) is 1. The zero-order valence-electron chi connectivity index (χ0n) is 9.44. The van der Waals surface area contributed by atoms with Crippen LogP contribution in [0.1, 0.15) is 17.5 Å². The average Bonchev–Trinajstić information content (AvgIpc) is 2.72. The molecule has 1 saturated heterocycles. The molecule has 0 bridgehead atoms. The van der Waals surface area contributed by atoms with E-state index in [-0.39, 0.29) is 0 Å². The highest BCUT2D eigenvalue weighted by atomic mass is 32.1. The fourth-order valence-corrected chi connectivity index (χ4v) is 2.87. The monoisotopic (exact) mass is 225 g/mol. The van der Waals surface area contributed by atoms with E-state index in [1.807, 2.05) is 5.51 Å². The van der Waals surface area contributed by atoms with Crippen LogP contribution in [-0.4, -0.2) is 35.6 Å². The molecule has 1 aliphatic rings. The Bertz CT molecular complexity index is 313. The summed E-state index contributed by atoms with van der Waals surface area (Å²) in [5, 5.41) is 0. The standard InChI is InChI=1S/C11H19N3S/c1-8-5-14(6-10(8)12)4-3-11-9(2)13-7-15-11/h7-8,10H,3-6,12H2,1-2H3. The number of aryl methyl sites for hydroxylation is 1. The van der Waals surface area contributed by atoms with Crippen LogP contribution in [0.4, 0.5) is 0 Å². The van der Waals surface area contributed by atoms with Gasteiger partial charge in [-0.25, -0.2) is 4.98 Å². The van der Waals surface area contributed by atoms with Crippen molar-refractivity contribution in [1.82, 2.24) is 9.88 Å². The van der Waals surface area contributed by atoms with Gasteiger partial charge in [0.2, 0.25) is 0 Å². The Morgan fingerprint density at radius 2 is 2.40 bits per heavy atom. The van der Waals surface area contributed by atoms with Crippen molar-refractivity contribution in [2.45, 2.75) is 26.3 Å². The smallest absolute Gasteiger partial charge is 0.0797 e. The third-order valence-electron chi connectivity index (χ3n) is 3.25. The summed E-state index contributed by atoms with van der Waals surface area (Å²) in [6, 6.07) is 0.368. The van der Waals surface area contributed by atoms with Gasteiger partial charge >= 0.3 is 0 Å². The van der Waals surface area contributed by atoms with Gasteiger partial charge in [-0.15, -0.1) is 11.3 Å². The van der Waals surface area contributed by atoms with Crippen molar-refractivity contribution >= 4 is 11.3 Å². The first-order valence-electron chi connectivity index (χ1n) is 5.53. The second kappa shape index (κ2) is 4.60. The highest BCUT2D eigenvalue weighted by Crippen LogP contribution is 2.17. The minimum absolute atomic E-state index is 0.368. The number of aromatic nitrogens is 1. The van der Waals surface area contributed by atoms with Crippen molar-refractivity contribution < 1.29 is 0 Å². The van der Waals surface area contributed by atoms with E-state index in [4.69, 9.17) is 5.73 Å². The Balaban J connectivity index is 1.82. The van der Waals surface area contributed by atoms with E-state index < -0.39 is 0 Å². The van der Waals surface area contributed by atoms with Gasteiger partial charge in [0.25, 0.3) is 0 Å². The van der Waals surface area contributed by atoms with Gasteiger partial charge in [-0.3, -0.25) is 0 Å². The van der Waals surface area contributed by atoms with Crippen LogP contribution in [0, 0.1) is 12.8 Å². The van der Waals surface area contributed by atoms with Crippen LogP contribution in [-0.2, 0) is 6.42 Å². The van der Waals surface area contributed by atoms with Crippen LogP contribution in [0.15, 0.2) is 5.51 Å². The molecular formula is C11H19N3S. The number of rotatable bonds is 3. The van der Waals surface area contributed by atoms with E-state index in [9.17, 15) is 0 Å². The molecule has 15 heavy (non-hydrogen) atoms. The Morgan fingerprint density at radius 3 is 2.93 bits per heavy atom. The lowest BCUT2D eigenvalue weighted by molar-refractivity contribution is 0.331. The van der Waals surface area contributed by atoms with Gasteiger partial charge in [-0.05, 0) is 19.3 Å². The van der Waals surface area contributed by atoms with Gasteiger partial charge in [0, 0.05) is 30.6 Å². The zero-order valence-corrected chi connectivity index (χ0v) is 10.3. The van der Waals surface area contributed by atoms with Gasteiger partial charge in [-0.2, -0.15) is 0 Å². The largest absolute Gasteiger partial charge is 0.326 e. The van der Waals surface area contributed by atoms with Crippen LogP contribution < -0.4 is 5.73 Å². The lowest BCUT2D eigenvalue weighted by Gasteiger charge is -2.14. The molecule has 1 aromatic heterocycles. The summed E-state index contributed by atoms with van der Waals surface area (Å²) in [5.74, 6) is 0.646. The molecule has 4 heteroatoms. The highest BCUT2D eigenvalue weighted by Gasteiger charge is 2.25. The summed E-state index contributed by atoms with van der Waals surface area (Å²) < 4.78 is 0. The summed E-state index contributed by atoms with van der Waals surface area (Å²) in [4.78, 5) is 8.15. The van der Waals surface area contributed by atoms with Crippen LogP contribution in [0.25, 0.3) is 0 Å². The van der Waals surface area contributed by atoms with E-state index in [0.717, 1.165) is 26.1 Å². The predicted octanol–water partition coefficient (Wildman–Crippen LogP) is 1.27. The molecule has 2 unspecified atom stereocenters. The van der Waals surface area contributed by atoms with Crippen LogP contribution in [0.3, 0.4) is 0 Å². The van der Waals surface area contributed by atoms with Crippen molar-refractivity contribution in [1.29, 1.82) is 0 Å². The highest BCUT2D eigenvalue weighted by molar-refractivity contribution is 7.09. The Kier molecular flexibility index (Phi) is 3.38. The summed E-state index contributed by atoms with van der Waals surface area (Å²) in [6.07, 6.45) is 1.12. The van der Waals surface area contributed by atoms with E-state index in [2.05, 4.69) is 23.7 Å². The predicted molar refractivity (Wildman–Crippen MR) is 64.1 cm³/mol. The molecular weight excluding hydrogens is 206 g/mol. The SMILES string of the molecule is Cc1ncsc1CCN1CC(C)C(N)C1. The number of thiazole rings is 1. The van der Waals surface area contributed by atoms with Gasteiger partial charge in [0.1, 0.15) is 0 Å². The van der Waals surface area contributed by atoms with E-state index in [1.54, 1.807) is 11.3 Å². The maximum Gasteiger partial charge on any atom is 0.0797 e. The molecule has 1 aromatic rings. The van der Waals surface area contributed by atoms with E-state index >= 15 is 0 Å². The fourth-order valence-electron chi connectivity index (χ4n) is 2.10. The molecule has 2 N–H and O–H groups in total. The molecule has 0 radical (unpaired) electrons. The van der Waals surface area contributed by atoms with E-state index in [0.29, 0.717) is 12.0 Å². The van der Waals surface area contributed by atoms with Crippen molar-refractivity contribution in [3.05, 3.63) is 16.1 Å². The molecule has 0 saturated carbocycles. The summed E-state index contributed by atoms with van der Waals surface area (Å²) in [5.41, 5.74) is 9.12. The minimum Gasteiger partial charge on any atom is -0.326 e. The van der Waals surface area contributed by atoms with Gasteiger partial charge in [-0.1, -0.05) is 6.92 Å². The van der Waals surface area contributed by atoms with Crippen molar-refractivity contribution in [2.24, 2.45) is 11.7 Å². The van der Waals surface area contributed by atoms with Crippen molar-refractivity contribution in [3.8, 4) is 0 Å². The van der Waals surface area contributed by atoms with Crippen LogP contribution in [0.2, 0.25) is 0 Å². The third kappa shape index (κ3) is 2.56. The maximum atomic E-state index is 6.00. The number of hydrogen-bond donors (Lipinski definition) is 1. The lowest BCUT2D eigenvalue weighted by atomic mass is 10.1. The number of nitrogens with zero attached hydrogens (tertiary/aromatic N) is 2. The first-order chi connectivity index (χ1) is 7.16. The Hall–Kier alpha value is -0.450. The van der Waals surface area contributed by atoms with Gasteiger partial charge in [0.15, 0.2) is 0 Å². The molecule has 0 amide bonds. The van der Waals surface area contributed by atoms with E-state index in [1.165, 1.54) is 10.6 Å². The second-order valence-electron chi connectivity index (χ2n) is 4.51. The fraction of sp³-hybridized carbons (Fsp3) is 0.727. The third-order valence-corrected chi connectivity index (χ3v) is 4.24. The molecule has 0 spiro atoms. The van der Waals surface area contributed by atoms with Gasteiger partial charge in [0.05, 0.1) is 11.2 Å². The average molecular weight is 225 g/mol. The molecule has 3 nitrogen and oxygen atoms in total. The van der Waals surface area contributed by atoms with Crippen molar-refractivity contribution in [3.63, 3.8) is 0 Å². The number of hydrogen-bond acceptors (Lipinski definition) is 4.